The van der Waals surface area contributed by atoms with E-state index in [0.29, 0.717) is 12.2 Å². The lowest BCUT2D eigenvalue weighted by Gasteiger charge is -2.04. The van der Waals surface area contributed by atoms with Gasteiger partial charge in [0.15, 0.2) is 0 Å². The van der Waals surface area contributed by atoms with Crippen LogP contribution in [0.1, 0.15) is 40.5 Å². The number of Topliss-reactive ketones (excluding diaryl/α,β-unsaturated/α-hetero) is 1. The van der Waals surface area contributed by atoms with Gasteiger partial charge in [-0.1, -0.05) is 25.5 Å². The average Bonchev–Trinajstić information content (AvgIpc) is 1.98. The van der Waals surface area contributed by atoms with E-state index in [0.717, 1.165) is 6.42 Å². The van der Waals surface area contributed by atoms with Gasteiger partial charge in [0.1, 0.15) is 5.78 Å². The summed E-state index contributed by atoms with van der Waals surface area (Å²) < 4.78 is 0. The molecule has 0 saturated heterocycles. The molecule has 0 spiro atoms. The molecule has 1 unspecified atom stereocenters. The number of allylic oxidation sites excluding steroid dienone is 2. The molecule has 0 aliphatic rings. The van der Waals surface area contributed by atoms with E-state index in [-0.39, 0.29) is 5.92 Å². The molecular formula is C10H18O. The van der Waals surface area contributed by atoms with Gasteiger partial charge in [-0.3, -0.25) is 4.79 Å². The van der Waals surface area contributed by atoms with Crippen LogP contribution in [-0.2, 0) is 4.79 Å². The van der Waals surface area contributed by atoms with Crippen molar-refractivity contribution in [3.05, 3.63) is 11.6 Å². The van der Waals surface area contributed by atoms with Crippen LogP contribution < -0.4 is 0 Å². The molecule has 0 rings (SSSR count). The van der Waals surface area contributed by atoms with E-state index in [1.807, 2.05) is 13.8 Å². The van der Waals surface area contributed by atoms with Crippen LogP contribution in [-0.4, -0.2) is 5.78 Å². The van der Waals surface area contributed by atoms with E-state index < -0.39 is 0 Å². The second-order valence-corrected chi connectivity index (χ2v) is 3.24. The summed E-state index contributed by atoms with van der Waals surface area (Å²) in [7, 11) is 0. The molecule has 0 radical (unpaired) electrons. The predicted molar refractivity (Wildman–Crippen MR) is 48.5 cm³/mol. The van der Waals surface area contributed by atoms with Crippen LogP contribution in [0.15, 0.2) is 11.6 Å². The zero-order valence-electron chi connectivity index (χ0n) is 7.98. The highest BCUT2D eigenvalue weighted by Crippen LogP contribution is 2.08. The first kappa shape index (κ1) is 10.4. The van der Waals surface area contributed by atoms with Crippen LogP contribution in [0.2, 0.25) is 0 Å². The summed E-state index contributed by atoms with van der Waals surface area (Å²) in [5, 5.41) is 0. The first-order valence-corrected chi connectivity index (χ1v) is 4.24. The molecule has 0 aliphatic heterocycles. The third-order valence-corrected chi connectivity index (χ3v) is 1.78. The van der Waals surface area contributed by atoms with Crippen LogP contribution in [0.4, 0.5) is 0 Å². The average molecular weight is 154 g/mol. The quantitative estimate of drug-likeness (QED) is 0.569. The van der Waals surface area contributed by atoms with Crippen molar-refractivity contribution in [2.75, 3.05) is 0 Å². The van der Waals surface area contributed by atoms with Crippen molar-refractivity contribution >= 4 is 5.78 Å². The zero-order chi connectivity index (χ0) is 8.85. The Balaban J connectivity index is 3.78. The van der Waals surface area contributed by atoms with Crippen molar-refractivity contribution in [2.24, 2.45) is 5.92 Å². The highest BCUT2D eigenvalue weighted by Gasteiger charge is 2.07. The van der Waals surface area contributed by atoms with Crippen molar-refractivity contribution in [3.63, 3.8) is 0 Å². The number of carbonyl (C=O) groups is 1. The highest BCUT2D eigenvalue weighted by atomic mass is 16.1. The van der Waals surface area contributed by atoms with Gasteiger partial charge in [0.25, 0.3) is 0 Å². The Hall–Kier alpha value is -0.590. The first-order chi connectivity index (χ1) is 5.07. The molecule has 0 N–H and O–H groups in total. The Bertz CT molecular complexity index is 152. The molecule has 0 aromatic carbocycles. The summed E-state index contributed by atoms with van der Waals surface area (Å²) in [5.74, 6) is 0.567. The minimum Gasteiger partial charge on any atom is -0.299 e. The van der Waals surface area contributed by atoms with Gasteiger partial charge in [-0.05, 0) is 20.3 Å². The molecule has 0 aromatic heterocycles. The first-order valence-electron chi connectivity index (χ1n) is 4.24. The van der Waals surface area contributed by atoms with Crippen LogP contribution >= 0.6 is 0 Å². The zero-order valence-corrected chi connectivity index (χ0v) is 7.98. The third kappa shape index (κ3) is 4.77. The van der Waals surface area contributed by atoms with Gasteiger partial charge in [-0.25, -0.2) is 0 Å². The maximum Gasteiger partial charge on any atom is 0.135 e. The van der Waals surface area contributed by atoms with Gasteiger partial charge in [0.2, 0.25) is 0 Å². The fourth-order valence-electron chi connectivity index (χ4n) is 0.892. The lowest BCUT2D eigenvalue weighted by atomic mass is 10.00. The normalized spacial score (nSPS) is 12.4. The number of hydrogen-bond donors (Lipinski definition) is 0. The van der Waals surface area contributed by atoms with Crippen LogP contribution in [0.3, 0.4) is 0 Å². The summed E-state index contributed by atoms with van der Waals surface area (Å²) in [6.45, 7) is 8.03. The molecule has 64 valence electrons. The van der Waals surface area contributed by atoms with E-state index in [2.05, 4.69) is 19.9 Å². The number of carbonyl (C=O) groups excluding carboxylic acids is 1. The van der Waals surface area contributed by atoms with Gasteiger partial charge >= 0.3 is 0 Å². The molecule has 0 fully saturated rings. The molecule has 0 heterocycles. The second-order valence-electron chi connectivity index (χ2n) is 3.24. The van der Waals surface area contributed by atoms with Crippen LogP contribution in [0, 0.1) is 5.92 Å². The Labute approximate surface area is 69.5 Å². The fraction of sp³-hybridized carbons (Fsp3) is 0.700. The van der Waals surface area contributed by atoms with Gasteiger partial charge in [-0.15, -0.1) is 0 Å². The largest absolute Gasteiger partial charge is 0.299 e. The van der Waals surface area contributed by atoms with Gasteiger partial charge in [-0.2, -0.15) is 0 Å². The van der Waals surface area contributed by atoms with Gasteiger partial charge in [0, 0.05) is 12.3 Å². The Kier molecular flexibility index (Phi) is 4.84. The Morgan fingerprint density at radius 3 is 2.36 bits per heavy atom. The Morgan fingerprint density at radius 2 is 2.00 bits per heavy atom. The molecule has 0 bridgehead atoms. The SMILES string of the molecule is CCC(=O)C(C)CC=C(C)C. The molecule has 0 aliphatic carbocycles. The molecule has 0 aromatic rings. The van der Waals surface area contributed by atoms with Crippen molar-refractivity contribution < 1.29 is 4.79 Å². The van der Waals surface area contributed by atoms with Crippen molar-refractivity contribution in [2.45, 2.75) is 40.5 Å². The lowest BCUT2D eigenvalue weighted by molar-refractivity contribution is -0.121. The predicted octanol–water partition coefficient (Wildman–Crippen LogP) is 2.96. The smallest absolute Gasteiger partial charge is 0.135 e. The summed E-state index contributed by atoms with van der Waals surface area (Å²) >= 11 is 0. The number of rotatable bonds is 4. The monoisotopic (exact) mass is 154 g/mol. The lowest BCUT2D eigenvalue weighted by Crippen LogP contribution is -2.07. The van der Waals surface area contributed by atoms with Gasteiger partial charge in [0.05, 0.1) is 0 Å². The molecule has 1 nitrogen and oxygen atoms in total. The van der Waals surface area contributed by atoms with Crippen molar-refractivity contribution in [3.8, 4) is 0 Å². The third-order valence-electron chi connectivity index (χ3n) is 1.78. The van der Waals surface area contributed by atoms with E-state index in [4.69, 9.17) is 0 Å². The molecule has 1 atom stereocenters. The van der Waals surface area contributed by atoms with Gasteiger partial charge < -0.3 is 0 Å². The number of ketones is 1. The molecular weight excluding hydrogens is 136 g/mol. The van der Waals surface area contributed by atoms with E-state index in [9.17, 15) is 4.79 Å². The van der Waals surface area contributed by atoms with Crippen molar-refractivity contribution in [1.82, 2.24) is 0 Å². The van der Waals surface area contributed by atoms with E-state index in [1.165, 1.54) is 5.57 Å². The summed E-state index contributed by atoms with van der Waals surface area (Å²) in [5.41, 5.74) is 1.29. The minimum atomic E-state index is 0.204. The summed E-state index contributed by atoms with van der Waals surface area (Å²) in [6.07, 6.45) is 3.69. The Morgan fingerprint density at radius 1 is 1.45 bits per heavy atom. The molecule has 11 heavy (non-hydrogen) atoms. The molecule has 0 saturated carbocycles. The number of hydrogen-bond acceptors (Lipinski definition) is 1. The molecule has 1 heteroatoms. The minimum absolute atomic E-state index is 0.204. The maximum atomic E-state index is 11.1. The van der Waals surface area contributed by atoms with Crippen LogP contribution in [0.5, 0.6) is 0 Å². The summed E-state index contributed by atoms with van der Waals surface area (Å²) in [4.78, 5) is 11.1. The topological polar surface area (TPSA) is 17.1 Å². The van der Waals surface area contributed by atoms with Crippen LogP contribution in [0.25, 0.3) is 0 Å². The fourth-order valence-corrected chi connectivity index (χ4v) is 0.892. The summed E-state index contributed by atoms with van der Waals surface area (Å²) in [6, 6.07) is 0. The highest BCUT2D eigenvalue weighted by molar-refractivity contribution is 5.80. The van der Waals surface area contributed by atoms with Crippen molar-refractivity contribution in [1.29, 1.82) is 0 Å². The second kappa shape index (κ2) is 5.11. The maximum absolute atomic E-state index is 11.1. The van der Waals surface area contributed by atoms with E-state index in [1.54, 1.807) is 0 Å². The van der Waals surface area contributed by atoms with E-state index >= 15 is 0 Å². The molecule has 0 amide bonds. The standard InChI is InChI=1S/C10H18O/c1-5-10(11)9(4)7-6-8(2)3/h6,9H,5,7H2,1-4H3.